The predicted octanol–water partition coefficient (Wildman–Crippen LogP) is -0.697. The molecule has 1 aromatic carbocycles. The average molecular weight is 277 g/mol. The van der Waals surface area contributed by atoms with E-state index in [1.165, 1.54) is 6.07 Å². The van der Waals surface area contributed by atoms with Gasteiger partial charge in [0.2, 0.25) is 0 Å². The van der Waals surface area contributed by atoms with Crippen molar-refractivity contribution in [1.82, 2.24) is 5.32 Å². The molecule has 0 radical (unpaired) electrons. The molecule has 0 aliphatic rings. The van der Waals surface area contributed by atoms with Gasteiger partial charge in [0.25, 0.3) is 0 Å². The van der Waals surface area contributed by atoms with Gasteiger partial charge < -0.3 is 25.7 Å². The summed E-state index contributed by atoms with van der Waals surface area (Å²) in [5, 5.41) is 39.6. The number of benzene rings is 1. The molecule has 0 saturated heterocycles. The van der Waals surface area contributed by atoms with Gasteiger partial charge in [0.1, 0.15) is 0 Å². The van der Waals surface area contributed by atoms with E-state index in [1.54, 1.807) is 0 Å². The zero-order valence-corrected chi connectivity index (χ0v) is 10.2. The van der Waals surface area contributed by atoms with Gasteiger partial charge in [-0.3, -0.25) is 0 Å². The van der Waals surface area contributed by atoms with Crippen LogP contribution in [0, 0.1) is 11.6 Å². The van der Waals surface area contributed by atoms with Crippen LogP contribution >= 0.6 is 0 Å². The lowest BCUT2D eigenvalue weighted by Gasteiger charge is -2.30. The lowest BCUT2D eigenvalue weighted by molar-refractivity contribution is 0.0321. The Kier molecular flexibility index (Phi) is 5.77. The highest BCUT2D eigenvalue weighted by atomic mass is 19.2. The van der Waals surface area contributed by atoms with Crippen LogP contribution in [0.4, 0.5) is 8.78 Å². The number of nitrogens with one attached hydrogen (secondary N) is 1. The smallest absolute Gasteiger partial charge is 0.159 e. The maximum atomic E-state index is 13.0. The van der Waals surface area contributed by atoms with Gasteiger partial charge in [-0.05, 0) is 17.7 Å². The summed E-state index contributed by atoms with van der Waals surface area (Å²) in [7, 11) is 0. The van der Waals surface area contributed by atoms with E-state index in [-0.39, 0.29) is 12.1 Å². The van der Waals surface area contributed by atoms with Gasteiger partial charge in [-0.25, -0.2) is 8.78 Å². The van der Waals surface area contributed by atoms with E-state index in [2.05, 4.69) is 5.32 Å². The van der Waals surface area contributed by atoms with Gasteiger partial charge in [-0.2, -0.15) is 0 Å². The molecule has 108 valence electrons. The topological polar surface area (TPSA) is 93.0 Å². The molecule has 1 unspecified atom stereocenters. The van der Waals surface area contributed by atoms with Gasteiger partial charge in [-0.1, -0.05) is 6.07 Å². The molecule has 1 rings (SSSR count). The summed E-state index contributed by atoms with van der Waals surface area (Å²) >= 11 is 0. The highest BCUT2D eigenvalue weighted by Gasteiger charge is 2.28. The first-order chi connectivity index (χ1) is 8.98. The van der Waals surface area contributed by atoms with Crippen molar-refractivity contribution in [2.24, 2.45) is 0 Å². The highest BCUT2D eigenvalue weighted by molar-refractivity contribution is 5.20. The van der Waals surface area contributed by atoms with E-state index in [0.29, 0.717) is 0 Å². The quantitative estimate of drug-likeness (QED) is 0.455. The standard InChI is InChI=1S/C12H17F2NO4/c13-9-2-1-8(3-10(9)14)11(19)4-15-12(5-16,6-17)7-18/h1-3,11,15-19H,4-7H2. The number of β-amino-alcohol motifs (C(OH)–C–C–N with tert-alkyl or cyclic N) is 1. The van der Waals surface area contributed by atoms with Crippen LogP contribution in [0.2, 0.25) is 0 Å². The fourth-order valence-corrected chi connectivity index (χ4v) is 1.47. The first-order valence-electron chi connectivity index (χ1n) is 5.68. The predicted molar refractivity (Wildman–Crippen MR) is 63.3 cm³/mol. The molecule has 0 spiro atoms. The molecule has 7 heteroatoms. The van der Waals surface area contributed by atoms with Gasteiger partial charge in [-0.15, -0.1) is 0 Å². The van der Waals surface area contributed by atoms with Gasteiger partial charge in [0, 0.05) is 6.54 Å². The third kappa shape index (κ3) is 3.92. The van der Waals surface area contributed by atoms with Crippen molar-refractivity contribution in [2.45, 2.75) is 11.6 Å². The molecule has 1 atom stereocenters. The van der Waals surface area contributed by atoms with Crippen molar-refractivity contribution >= 4 is 0 Å². The lowest BCUT2D eigenvalue weighted by atomic mass is 10.0. The molecule has 19 heavy (non-hydrogen) atoms. The summed E-state index contributed by atoms with van der Waals surface area (Å²) in [6, 6.07) is 2.98. The zero-order valence-electron chi connectivity index (χ0n) is 10.2. The third-order valence-corrected chi connectivity index (χ3v) is 2.91. The SMILES string of the molecule is OCC(CO)(CO)NCC(O)c1ccc(F)c(F)c1. The van der Waals surface area contributed by atoms with E-state index in [4.69, 9.17) is 15.3 Å². The Labute approximate surface area is 109 Å². The monoisotopic (exact) mass is 277 g/mol. The largest absolute Gasteiger partial charge is 0.394 e. The second-order valence-corrected chi connectivity index (χ2v) is 4.32. The molecule has 5 nitrogen and oxygen atoms in total. The Bertz CT molecular complexity index is 404. The Morgan fingerprint density at radius 1 is 1.05 bits per heavy atom. The van der Waals surface area contributed by atoms with Crippen LogP contribution in [0.5, 0.6) is 0 Å². The molecular weight excluding hydrogens is 260 g/mol. The minimum Gasteiger partial charge on any atom is -0.394 e. The summed E-state index contributed by atoms with van der Waals surface area (Å²) in [4.78, 5) is 0. The molecule has 0 aromatic heterocycles. The van der Waals surface area contributed by atoms with Crippen LogP contribution in [0.25, 0.3) is 0 Å². The Morgan fingerprint density at radius 3 is 2.11 bits per heavy atom. The lowest BCUT2D eigenvalue weighted by Crippen LogP contribution is -2.55. The van der Waals surface area contributed by atoms with E-state index in [9.17, 15) is 13.9 Å². The second-order valence-electron chi connectivity index (χ2n) is 4.32. The molecule has 0 heterocycles. The minimum absolute atomic E-state index is 0.146. The molecule has 0 fully saturated rings. The normalized spacial score (nSPS) is 13.6. The van der Waals surface area contributed by atoms with E-state index >= 15 is 0 Å². The molecular formula is C12H17F2NO4. The highest BCUT2D eigenvalue weighted by Crippen LogP contribution is 2.16. The zero-order chi connectivity index (χ0) is 14.5. The second kappa shape index (κ2) is 6.88. The van der Waals surface area contributed by atoms with E-state index < -0.39 is 43.1 Å². The molecule has 5 N–H and O–H groups in total. The summed E-state index contributed by atoms with van der Waals surface area (Å²) in [6.07, 6.45) is -1.17. The number of rotatable bonds is 7. The number of hydrogen-bond acceptors (Lipinski definition) is 5. The number of hydrogen-bond donors (Lipinski definition) is 5. The maximum absolute atomic E-state index is 13.0. The van der Waals surface area contributed by atoms with E-state index in [0.717, 1.165) is 12.1 Å². The number of aliphatic hydroxyl groups excluding tert-OH is 4. The number of aliphatic hydroxyl groups is 4. The van der Waals surface area contributed by atoms with Crippen LogP contribution in [0.3, 0.4) is 0 Å². The van der Waals surface area contributed by atoms with Crippen LogP contribution in [0.15, 0.2) is 18.2 Å². The summed E-state index contributed by atoms with van der Waals surface area (Å²) in [5.41, 5.74) is -1.19. The third-order valence-electron chi connectivity index (χ3n) is 2.91. The van der Waals surface area contributed by atoms with Crippen molar-refractivity contribution in [3.8, 4) is 0 Å². The van der Waals surface area contributed by atoms with Gasteiger partial charge >= 0.3 is 0 Å². The van der Waals surface area contributed by atoms with Crippen molar-refractivity contribution in [3.05, 3.63) is 35.4 Å². The van der Waals surface area contributed by atoms with Crippen molar-refractivity contribution in [3.63, 3.8) is 0 Å². The molecule has 0 aliphatic carbocycles. The maximum Gasteiger partial charge on any atom is 0.159 e. The molecule has 0 bridgehead atoms. The summed E-state index contributed by atoms with van der Waals surface area (Å²) < 4.78 is 25.7. The van der Waals surface area contributed by atoms with Crippen LogP contribution in [-0.4, -0.2) is 52.3 Å². The Balaban J connectivity index is 2.69. The van der Waals surface area contributed by atoms with Crippen molar-refractivity contribution in [2.75, 3.05) is 26.4 Å². The average Bonchev–Trinajstić information content (AvgIpc) is 2.43. The summed E-state index contributed by atoms with van der Waals surface area (Å²) in [6.45, 7) is -1.76. The fraction of sp³-hybridized carbons (Fsp3) is 0.500. The Morgan fingerprint density at radius 2 is 1.63 bits per heavy atom. The summed E-state index contributed by atoms with van der Waals surface area (Å²) in [5.74, 6) is -2.09. The minimum atomic E-state index is -1.33. The van der Waals surface area contributed by atoms with Crippen LogP contribution < -0.4 is 5.32 Å². The molecule has 1 aromatic rings. The van der Waals surface area contributed by atoms with Crippen LogP contribution in [-0.2, 0) is 0 Å². The Hall–Kier alpha value is -1.12. The van der Waals surface area contributed by atoms with Crippen molar-refractivity contribution < 1.29 is 29.2 Å². The van der Waals surface area contributed by atoms with Gasteiger partial charge in [0.15, 0.2) is 11.6 Å². The van der Waals surface area contributed by atoms with Crippen LogP contribution in [0.1, 0.15) is 11.7 Å². The first kappa shape index (κ1) is 15.9. The molecule has 0 amide bonds. The van der Waals surface area contributed by atoms with Gasteiger partial charge in [0.05, 0.1) is 31.5 Å². The first-order valence-corrected chi connectivity index (χ1v) is 5.68. The fourth-order valence-electron chi connectivity index (χ4n) is 1.47. The van der Waals surface area contributed by atoms with Crippen molar-refractivity contribution in [1.29, 1.82) is 0 Å². The van der Waals surface area contributed by atoms with E-state index in [1.807, 2.05) is 0 Å². The molecule has 0 aliphatic heterocycles. The molecule has 0 saturated carbocycles. The number of halogens is 2.